The smallest absolute Gasteiger partial charge is 0.412 e. The van der Waals surface area contributed by atoms with Gasteiger partial charge in [0, 0.05) is 52.7 Å². The number of amides is 9. The Kier molecular flexibility index (Phi) is 42.2. The second kappa shape index (κ2) is 45.4. The van der Waals surface area contributed by atoms with Crippen LogP contribution in [0.4, 0.5) is 4.79 Å². The Morgan fingerprint density at radius 3 is 1.46 bits per heavy atom. The second-order valence-corrected chi connectivity index (χ2v) is 16.9. The molecule has 9 amide bonds. The molecular weight excluding hydrogens is 1040 g/mol. The lowest BCUT2D eigenvalue weighted by Crippen LogP contribution is -2.55. The van der Waals surface area contributed by atoms with Crippen LogP contribution in [0.3, 0.4) is 0 Å². The van der Waals surface area contributed by atoms with E-state index in [-0.39, 0.29) is 58.6 Å². The van der Waals surface area contributed by atoms with Crippen molar-refractivity contribution in [2.45, 2.75) is 148 Å². The van der Waals surface area contributed by atoms with E-state index in [9.17, 15) is 43.2 Å². The molecule has 0 aliphatic carbocycles. The minimum atomic E-state index is -1.58. The van der Waals surface area contributed by atoms with Crippen molar-refractivity contribution in [2.24, 2.45) is 0 Å². The fourth-order valence-corrected chi connectivity index (χ4v) is 6.55. The molecule has 0 rings (SSSR count). The first-order valence-electron chi connectivity index (χ1n) is 25.6. The molecule has 0 bridgehead atoms. The van der Waals surface area contributed by atoms with Crippen LogP contribution in [0.2, 0.25) is 0 Å². The molecule has 31 heteroatoms. The molecule has 0 saturated carbocycles. The van der Waals surface area contributed by atoms with E-state index in [4.69, 9.17) is 48.1 Å². The van der Waals surface area contributed by atoms with Crippen LogP contribution in [0.5, 0.6) is 0 Å². The molecule has 8 atom stereocenters. The Morgan fingerprint density at radius 2 is 0.949 bits per heavy atom. The SMILES string of the molecule is CCCOCC(CNC(=O)CN(C(=O)OCCC(=O)NC(CCC(=O)NC(CCC(=O)NC(C)OOC)C(=O)NC(C)OOC)C(=O)NC(CCC(=O)NC(C)OOC)C(=O)NCCOCCOC)C(C)OOC)OCCC. The minimum absolute atomic E-state index is 0.00683. The van der Waals surface area contributed by atoms with Crippen molar-refractivity contribution in [3.63, 3.8) is 0 Å². The molecule has 8 N–H and O–H groups in total. The summed E-state index contributed by atoms with van der Waals surface area (Å²) in [5.41, 5.74) is 0. The minimum Gasteiger partial charge on any atom is -0.449 e. The standard InChI is InChI=1S/C47H87N9O22/c1-12-22-72-30-35(73-23-13-2)28-49-43(61)29-56(34(6)78-70-11)47(65)74-24-20-42(60)54-38(16-19-41(59)53-37(45(63)52-33(5)77-69-10)15-18-40(58)51-32(4)76-68-9)46(64)55-36(14-17-39(57)50-31(3)75-67-8)44(62)48-21-25-71-27-26-66-7/h31-38H,12-30H2,1-11H3,(H,48,62)(H,49,61)(H,50,57)(H,51,58)(H,52,63)(H,53,59)(H,54,60)(H,55,64). The maximum atomic E-state index is 14.2. The number of ether oxygens (including phenoxy) is 5. The third-order valence-corrected chi connectivity index (χ3v) is 10.2. The fourth-order valence-electron chi connectivity index (χ4n) is 6.55. The number of carbonyl (C=O) groups excluding carboxylic acids is 9. The van der Waals surface area contributed by atoms with Gasteiger partial charge < -0.3 is 66.2 Å². The van der Waals surface area contributed by atoms with Gasteiger partial charge in [-0.3, -0.25) is 43.3 Å². The highest BCUT2D eigenvalue weighted by atomic mass is 17.2. The van der Waals surface area contributed by atoms with E-state index in [1.165, 1.54) is 63.2 Å². The molecule has 0 aromatic rings. The molecule has 8 unspecified atom stereocenters. The van der Waals surface area contributed by atoms with Crippen molar-refractivity contribution in [3.8, 4) is 0 Å². The van der Waals surface area contributed by atoms with Crippen LogP contribution in [-0.2, 0) is 101 Å². The van der Waals surface area contributed by atoms with E-state index in [2.05, 4.69) is 57.2 Å². The van der Waals surface area contributed by atoms with Gasteiger partial charge in [-0.05, 0) is 59.8 Å². The van der Waals surface area contributed by atoms with Gasteiger partial charge in [-0.15, -0.1) is 0 Å². The predicted molar refractivity (Wildman–Crippen MR) is 271 cm³/mol. The third-order valence-electron chi connectivity index (χ3n) is 10.2. The number of nitrogens with zero attached hydrogens (tertiary/aromatic N) is 1. The Labute approximate surface area is 455 Å². The number of carbonyl (C=O) groups is 9. The lowest BCUT2D eigenvalue weighted by atomic mass is 10.1. The summed E-state index contributed by atoms with van der Waals surface area (Å²) in [5, 5.41) is 20.4. The van der Waals surface area contributed by atoms with Crippen molar-refractivity contribution in [2.75, 3.05) is 101 Å². The highest BCUT2D eigenvalue weighted by Gasteiger charge is 2.31. The molecule has 0 aliphatic rings. The van der Waals surface area contributed by atoms with Gasteiger partial charge in [-0.1, -0.05) is 13.8 Å². The first-order chi connectivity index (χ1) is 37.3. The van der Waals surface area contributed by atoms with E-state index < -0.39 is 135 Å². The molecular formula is C47H87N9O22. The van der Waals surface area contributed by atoms with Crippen LogP contribution in [0, 0.1) is 0 Å². The zero-order valence-electron chi connectivity index (χ0n) is 47.0. The van der Waals surface area contributed by atoms with Crippen molar-refractivity contribution in [1.29, 1.82) is 0 Å². The summed E-state index contributed by atoms with van der Waals surface area (Å²) in [4.78, 5) is 159. The van der Waals surface area contributed by atoms with Crippen LogP contribution >= 0.6 is 0 Å². The van der Waals surface area contributed by atoms with E-state index in [1.807, 2.05) is 13.8 Å². The largest absolute Gasteiger partial charge is 0.449 e. The molecule has 0 fully saturated rings. The quantitative estimate of drug-likeness (QED) is 0.0153. The Bertz CT molecular complexity index is 1740. The Hall–Kier alpha value is -5.45. The summed E-state index contributed by atoms with van der Waals surface area (Å²) in [6, 6.07) is -4.33. The van der Waals surface area contributed by atoms with E-state index in [1.54, 1.807) is 0 Å². The van der Waals surface area contributed by atoms with Gasteiger partial charge >= 0.3 is 6.09 Å². The van der Waals surface area contributed by atoms with Gasteiger partial charge in [-0.2, -0.15) is 0 Å². The molecule has 0 aromatic heterocycles. The van der Waals surface area contributed by atoms with Gasteiger partial charge in [-0.25, -0.2) is 43.9 Å². The Morgan fingerprint density at radius 1 is 0.462 bits per heavy atom. The zero-order chi connectivity index (χ0) is 58.7. The van der Waals surface area contributed by atoms with Crippen LogP contribution in [-0.4, -0.2) is 209 Å². The first-order valence-corrected chi connectivity index (χ1v) is 25.6. The van der Waals surface area contributed by atoms with Crippen LogP contribution in [0.1, 0.15) is 99.3 Å². The highest BCUT2D eigenvalue weighted by Crippen LogP contribution is 2.09. The zero-order valence-corrected chi connectivity index (χ0v) is 47.0. The molecule has 78 heavy (non-hydrogen) atoms. The molecule has 0 aliphatic heterocycles. The van der Waals surface area contributed by atoms with E-state index in [0.717, 1.165) is 17.7 Å². The number of hydrogen-bond donors (Lipinski definition) is 8. The van der Waals surface area contributed by atoms with E-state index >= 15 is 0 Å². The average molecular weight is 1130 g/mol. The molecule has 31 nitrogen and oxygen atoms in total. The molecule has 0 spiro atoms. The van der Waals surface area contributed by atoms with Crippen molar-refractivity contribution >= 4 is 53.4 Å². The number of hydrogen-bond acceptors (Lipinski definition) is 22. The molecule has 0 aromatic carbocycles. The van der Waals surface area contributed by atoms with Crippen LogP contribution < -0.4 is 42.5 Å². The van der Waals surface area contributed by atoms with Crippen molar-refractivity contribution in [1.82, 2.24) is 47.4 Å². The first kappa shape index (κ1) is 72.5. The molecule has 0 saturated heterocycles. The molecule has 0 radical (unpaired) electrons. The van der Waals surface area contributed by atoms with Crippen molar-refractivity contribution in [3.05, 3.63) is 0 Å². The third kappa shape index (κ3) is 35.9. The van der Waals surface area contributed by atoms with Crippen LogP contribution in [0.15, 0.2) is 0 Å². The summed E-state index contributed by atoms with van der Waals surface area (Å²) >= 11 is 0. The topological polar surface area (TPSA) is 373 Å². The maximum Gasteiger partial charge on any atom is 0.412 e. The van der Waals surface area contributed by atoms with Crippen LogP contribution in [0.25, 0.3) is 0 Å². The van der Waals surface area contributed by atoms with Gasteiger partial charge in [0.1, 0.15) is 31.3 Å². The summed E-state index contributed by atoms with van der Waals surface area (Å²) < 4.78 is 27.1. The number of methoxy groups -OCH3 is 1. The number of rotatable bonds is 47. The summed E-state index contributed by atoms with van der Waals surface area (Å²) in [6.45, 7) is 10.4. The lowest BCUT2D eigenvalue weighted by molar-refractivity contribution is -0.324. The summed E-state index contributed by atoms with van der Waals surface area (Å²) in [6.07, 6.45) is -6.57. The summed E-state index contributed by atoms with van der Waals surface area (Å²) in [7, 11) is 6.38. The lowest BCUT2D eigenvalue weighted by Gasteiger charge is -2.27. The van der Waals surface area contributed by atoms with E-state index in [0.29, 0.717) is 19.8 Å². The second-order valence-electron chi connectivity index (χ2n) is 16.9. The maximum absolute atomic E-state index is 14.2. The highest BCUT2D eigenvalue weighted by molar-refractivity contribution is 5.93. The predicted octanol–water partition coefficient (Wildman–Crippen LogP) is -1.23. The molecule has 0 heterocycles. The van der Waals surface area contributed by atoms with Gasteiger partial charge in [0.2, 0.25) is 47.3 Å². The monoisotopic (exact) mass is 1130 g/mol. The summed E-state index contributed by atoms with van der Waals surface area (Å²) in [5.74, 6) is -5.92. The van der Waals surface area contributed by atoms with Gasteiger partial charge in [0.25, 0.3) is 0 Å². The van der Waals surface area contributed by atoms with Gasteiger partial charge in [0.15, 0.2) is 24.9 Å². The number of nitrogens with one attached hydrogen (secondary N) is 8. The molecule has 452 valence electrons. The normalized spacial score (nSPS) is 14.2. The fraction of sp³-hybridized carbons (Fsp3) is 0.809. The van der Waals surface area contributed by atoms with Gasteiger partial charge in [0.05, 0.1) is 67.4 Å². The Balaban J connectivity index is 6.58. The van der Waals surface area contributed by atoms with Crippen molar-refractivity contribution < 1.29 is 106 Å². The average Bonchev–Trinajstić information content (AvgIpc) is 3.38.